The second-order valence-electron chi connectivity index (χ2n) is 5.88. The normalized spacial score (nSPS) is 25.0. The monoisotopic (exact) mass is 310 g/mol. The van der Waals surface area contributed by atoms with Gasteiger partial charge in [-0.05, 0) is 38.8 Å². The largest absolute Gasteiger partial charge is 0.417 e. The predicted octanol–water partition coefficient (Wildman–Crippen LogP) is 3.00. The number of hydrogen-bond donors (Lipinski definition) is 1. The van der Waals surface area contributed by atoms with E-state index in [0.717, 1.165) is 31.9 Å². The molecule has 2 aliphatic rings. The van der Waals surface area contributed by atoms with Crippen LogP contribution in [-0.4, -0.2) is 24.1 Å². The first-order chi connectivity index (χ1) is 10.4. The lowest BCUT2D eigenvalue weighted by molar-refractivity contribution is -0.137. The fourth-order valence-corrected chi connectivity index (χ4v) is 3.04. The van der Waals surface area contributed by atoms with Gasteiger partial charge in [0.2, 0.25) is 0 Å². The van der Waals surface area contributed by atoms with E-state index in [4.69, 9.17) is 0 Å². The Balaban J connectivity index is 2.13. The first-order valence-corrected chi connectivity index (χ1v) is 7.44. The molecular weight excluding hydrogens is 293 g/mol. The molecule has 0 amide bonds. The third-order valence-corrected chi connectivity index (χ3v) is 4.45. The number of anilines is 1. The van der Waals surface area contributed by atoms with E-state index in [1.807, 2.05) is 6.92 Å². The maximum atomic E-state index is 13.3. The SMILES string of the molecule is C[C@H]1CCN1c1nc(C2CCCN2)cc(C(F)(F)F)c1C#N. The number of hydrogen-bond acceptors (Lipinski definition) is 4. The van der Waals surface area contributed by atoms with Crippen LogP contribution in [0, 0.1) is 11.3 Å². The highest BCUT2D eigenvalue weighted by molar-refractivity contribution is 5.61. The van der Waals surface area contributed by atoms with Gasteiger partial charge in [-0.15, -0.1) is 0 Å². The number of aromatic nitrogens is 1. The molecule has 3 heterocycles. The van der Waals surface area contributed by atoms with Gasteiger partial charge in [0.25, 0.3) is 0 Å². The molecule has 4 nitrogen and oxygen atoms in total. The zero-order valence-electron chi connectivity index (χ0n) is 12.2. The van der Waals surface area contributed by atoms with Gasteiger partial charge >= 0.3 is 6.18 Å². The molecule has 2 atom stereocenters. The number of nitrogens with one attached hydrogen (secondary N) is 1. The van der Waals surface area contributed by atoms with Gasteiger partial charge in [0.05, 0.1) is 11.3 Å². The van der Waals surface area contributed by atoms with Crippen LogP contribution in [0.1, 0.15) is 49.0 Å². The first-order valence-electron chi connectivity index (χ1n) is 7.44. The van der Waals surface area contributed by atoms with Crippen molar-refractivity contribution in [3.8, 4) is 6.07 Å². The van der Waals surface area contributed by atoms with Gasteiger partial charge in [-0.3, -0.25) is 0 Å². The molecule has 1 aromatic rings. The minimum absolute atomic E-state index is 0.118. The minimum Gasteiger partial charge on any atom is -0.353 e. The van der Waals surface area contributed by atoms with Crippen LogP contribution in [0.2, 0.25) is 0 Å². The van der Waals surface area contributed by atoms with E-state index < -0.39 is 11.7 Å². The molecule has 2 aliphatic heterocycles. The molecule has 1 unspecified atom stereocenters. The van der Waals surface area contributed by atoms with E-state index in [2.05, 4.69) is 10.3 Å². The van der Waals surface area contributed by atoms with Crippen molar-refractivity contribution < 1.29 is 13.2 Å². The van der Waals surface area contributed by atoms with E-state index in [-0.39, 0.29) is 23.5 Å². The van der Waals surface area contributed by atoms with Gasteiger partial charge in [-0.2, -0.15) is 18.4 Å². The van der Waals surface area contributed by atoms with Crippen LogP contribution in [0.5, 0.6) is 0 Å². The van der Waals surface area contributed by atoms with Crippen molar-refractivity contribution in [1.29, 1.82) is 5.26 Å². The standard InChI is InChI=1S/C15H17F3N4/c1-9-4-6-22(9)14-10(8-19)11(15(16,17)18)7-13(21-14)12-3-2-5-20-12/h7,9,12,20H,2-6H2,1H3/t9-,12?/m0/s1. The van der Waals surface area contributed by atoms with Gasteiger partial charge in [0.1, 0.15) is 17.5 Å². The molecular formula is C15H17F3N4. The fraction of sp³-hybridized carbons (Fsp3) is 0.600. The summed E-state index contributed by atoms with van der Waals surface area (Å²) in [5, 5.41) is 12.4. The molecule has 1 aromatic heterocycles. The van der Waals surface area contributed by atoms with Gasteiger partial charge in [-0.25, -0.2) is 4.98 Å². The molecule has 0 saturated carbocycles. The van der Waals surface area contributed by atoms with Crippen molar-refractivity contribution in [3.63, 3.8) is 0 Å². The Kier molecular flexibility index (Phi) is 3.73. The van der Waals surface area contributed by atoms with Crippen molar-refractivity contribution in [1.82, 2.24) is 10.3 Å². The highest BCUT2D eigenvalue weighted by atomic mass is 19.4. The quantitative estimate of drug-likeness (QED) is 0.912. The van der Waals surface area contributed by atoms with Crippen LogP contribution >= 0.6 is 0 Å². The molecule has 0 spiro atoms. The Morgan fingerprint density at radius 3 is 2.64 bits per heavy atom. The fourth-order valence-electron chi connectivity index (χ4n) is 3.04. The van der Waals surface area contributed by atoms with Crippen molar-refractivity contribution >= 4 is 5.82 Å². The van der Waals surface area contributed by atoms with Gasteiger partial charge in [0, 0.05) is 18.6 Å². The summed E-state index contributed by atoms with van der Waals surface area (Å²) in [7, 11) is 0. The lowest BCUT2D eigenvalue weighted by Crippen LogP contribution is -2.47. The molecule has 22 heavy (non-hydrogen) atoms. The van der Waals surface area contributed by atoms with E-state index in [0.29, 0.717) is 12.2 Å². The number of rotatable bonds is 2. The number of halogens is 3. The molecule has 0 bridgehead atoms. The summed E-state index contributed by atoms with van der Waals surface area (Å²) in [5.41, 5.74) is -0.846. The summed E-state index contributed by atoms with van der Waals surface area (Å²) >= 11 is 0. The highest BCUT2D eigenvalue weighted by Gasteiger charge is 2.39. The molecule has 0 radical (unpaired) electrons. The predicted molar refractivity (Wildman–Crippen MR) is 75.4 cm³/mol. The van der Waals surface area contributed by atoms with Crippen molar-refractivity contribution in [2.45, 2.75) is 44.4 Å². The number of nitrogens with zero attached hydrogens (tertiary/aromatic N) is 3. The third-order valence-electron chi connectivity index (χ3n) is 4.45. The lowest BCUT2D eigenvalue weighted by Gasteiger charge is -2.40. The summed E-state index contributed by atoms with van der Waals surface area (Å²) in [6.45, 7) is 3.35. The average Bonchev–Trinajstić information content (AvgIpc) is 2.98. The van der Waals surface area contributed by atoms with Crippen LogP contribution in [0.15, 0.2) is 6.07 Å². The van der Waals surface area contributed by atoms with Gasteiger partial charge in [0.15, 0.2) is 0 Å². The zero-order chi connectivity index (χ0) is 15.9. The number of pyridine rings is 1. The second kappa shape index (κ2) is 5.43. The first kappa shape index (κ1) is 15.1. The van der Waals surface area contributed by atoms with E-state index >= 15 is 0 Å². The summed E-state index contributed by atoms with van der Waals surface area (Å²) < 4.78 is 40.0. The topological polar surface area (TPSA) is 52.0 Å². The van der Waals surface area contributed by atoms with Crippen LogP contribution in [0.25, 0.3) is 0 Å². The van der Waals surface area contributed by atoms with Crippen LogP contribution < -0.4 is 10.2 Å². The lowest BCUT2D eigenvalue weighted by atomic mass is 10.00. The Bertz CT molecular complexity index is 614. The number of alkyl halides is 3. The minimum atomic E-state index is -4.55. The summed E-state index contributed by atoms with van der Waals surface area (Å²) in [6.07, 6.45) is -1.96. The Labute approximate surface area is 126 Å². The van der Waals surface area contributed by atoms with Crippen LogP contribution in [0.4, 0.5) is 19.0 Å². The maximum absolute atomic E-state index is 13.3. The second-order valence-corrected chi connectivity index (χ2v) is 5.88. The summed E-state index contributed by atoms with van der Waals surface area (Å²) in [5.74, 6) is 0.180. The average molecular weight is 310 g/mol. The summed E-state index contributed by atoms with van der Waals surface area (Å²) in [6, 6.07) is 2.71. The third kappa shape index (κ3) is 2.52. The maximum Gasteiger partial charge on any atom is 0.417 e. The summed E-state index contributed by atoms with van der Waals surface area (Å²) in [4.78, 5) is 6.20. The van der Waals surface area contributed by atoms with Crippen LogP contribution in [0.3, 0.4) is 0 Å². The number of nitriles is 1. The molecule has 3 rings (SSSR count). The Morgan fingerprint density at radius 2 is 2.18 bits per heavy atom. The molecule has 0 aliphatic carbocycles. The van der Waals surface area contributed by atoms with Gasteiger partial charge < -0.3 is 10.2 Å². The zero-order valence-corrected chi connectivity index (χ0v) is 12.2. The molecule has 7 heteroatoms. The molecule has 0 aromatic carbocycles. The van der Waals surface area contributed by atoms with Crippen LogP contribution in [-0.2, 0) is 6.18 Å². The Morgan fingerprint density at radius 1 is 1.41 bits per heavy atom. The van der Waals surface area contributed by atoms with Crippen molar-refractivity contribution in [3.05, 3.63) is 22.9 Å². The van der Waals surface area contributed by atoms with E-state index in [1.165, 1.54) is 0 Å². The Hall–Kier alpha value is -1.81. The van der Waals surface area contributed by atoms with Crippen molar-refractivity contribution in [2.75, 3.05) is 18.0 Å². The smallest absolute Gasteiger partial charge is 0.353 e. The molecule has 118 valence electrons. The van der Waals surface area contributed by atoms with E-state index in [1.54, 1.807) is 11.0 Å². The van der Waals surface area contributed by atoms with E-state index in [9.17, 15) is 18.4 Å². The molecule has 1 N–H and O–H groups in total. The van der Waals surface area contributed by atoms with Gasteiger partial charge in [-0.1, -0.05) is 0 Å². The molecule has 2 saturated heterocycles. The van der Waals surface area contributed by atoms with Crippen molar-refractivity contribution in [2.24, 2.45) is 0 Å². The highest BCUT2D eigenvalue weighted by Crippen LogP contribution is 2.39. The molecule has 2 fully saturated rings.